The van der Waals surface area contributed by atoms with Gasteiger partial charge in [0.1, 0.15) is 5.75 Å². The summed E-state index contributed by atoms with van der Waals surface area (Å²) in [7, 11) is 1.98. The minimum Gasteiger partial charge on any atom is -0.406 e. The van der Waals surface area contributed by atoms with Crippen molar-refractivity contribution >= 4 is 28.9 Å². The van der Waals surface area contributed by atoms with Crippen LogP contribution < -0.4 is 14.5 Å². The molecule has 0 N–H and O–H groups in total. The summed E-state index contributed by atoms with van der Waals surface area (Å²) in [5.74, 6) is -0.545. The fourth-order valence-corrected chi connectivity index (χ4v) is 4.15. The van der Waals surface area contributed by atoms with Crippen LogP contribution >= 0.6 is 11.6 Å². The van der Waals surface area contributed by atoms with Gasteiger partial charge in [-0.05, 0) is 55.3 Å². The Balaban J connectivity index is 1.41. The molecule has 0 aromatic heterocycles. The number of benzene rings is 2. The Morgan fingerprint density at radius 1 is 1.03 bits per heavy atom. The van der Waals surface area contributed by atoms with Crippen LogP contribution in [0.4, 0.5) is 24.5 Å². The zero-order chi connectivity index (χ0) is 22.2. The van der Waals surface area contributed by atoms with Crippen LogP contribution in [-0.4, -0.2) is 43.3 Å². The standard InChI is InChI=1S/C22H21ClF3N3O2/c1-27-12-13-29(20-14-16(23)4-7-19(20)27)17-8-10-28(11-9-17)21(30)15-2-5-18(6-3-15)31-22(24,25)26/h2-7,12-14,17H,8-11H2,1H3. The largest absolute Gasteiger partial charge is 0.573 e. The van der Waals surface area contributed by atoms with Crippen molar-refractivity contribution in [3.05, 3.63) is 65.5 Å². The fraction of sp³-hybridized carbons (Fsp3) is 0.318. The normalized spacial score (nSPS) is 17.0. The number of halogens is 4. The Bertz CT molecular complexity index is 986. The Kier molecular flexibility index (Phi) is 5.75. The maximum atomic E-state index is 12.8. The number of ether oxygens (including phenoxy) is 1. The van der Waals surface area contributed by atoms with Crippen molar-refractivity contribution in [2.45, 2.75) is 25.2 Å². The molecule has 0 radical (unpaired) electrons. The molecule has 0 saturated carbocycles. The molecular weight excluding hydrogens is 431 g/mol. The van der Waals surface area contributed by atoms with E-state index in [1.54, 1.807) is 4.90 Å². The zero-order valence-electron chi connectivity index (χ0n) is 16.8. The number of carbonyl (C=O) groups excluding carboxylic acids is 1. The van der Waals surface area contributed by atoms with Gasteiger partial charge in [0.2, 0.25) is 0 Å². The van der Waals surface area contributed by atoms with Gasteiger partial charge in [-0.15, -0.1) is 13.2 Å². The number of carbonyl (C=O) groups is 1. The minimum absolute atomic E-state index is 0.200. The van der Waals surface area contributed by atoms with Gasteiger partial charge in [0.05, 0.1) is 11.4 Å². The zero-order valence-corrected chi connectivity index (χ0v) is 17.5. The molecule has 4 rings (SSSR count). The molecule has 164 valence electrons. The van der Waals surface area contributed by atoms with Gasteiger partial charge in [0, 0.05) is 49.2 Å². The molecule has 0 aliphatic carbocycles. The first-order valence-electron chi connectivity index (χ1n) is 9.85. The van der Waals surface area contributed by atoms with E-state index < -0.39 is 6.36 Å². The highest BCUT2D eigenvalue weighted by Crippen LogP contribution is 2.38. The smallest absolute Gasteiger partial charge is 0.406 e. The average molecular weight is 452 g/mol. The van der Waals surface area contributed by atoms with Crippen molar-refractivity contribution in [3.63, 3.8) is 0 Å². The van der Waals surface area contributed by atoms with Gasteiger partial charge < -0.3 is 19.4 Å². The second-order valence-corrected chi connectivity index (χ2v) is 7.98. The molecule has 2 heterocycles. The minimum atomic E-state index is -4.76. The highest BCUT2D eigenvalue weighted by Gasteiger charge is 2.32. The number of nitrogens with zero attached hydrogens (tertiary/aromatic N) is 3. The lowest BCUT2D eigenvalue weighted by Crippen LogP contribution is -2.46. The number of amides is 1. The predicted octanol–water partition coefficient (Wildman–Crippen LogP) is 5.27. The number of fused-ring (bicyclic) bond motifs is 1. The van der Waals surface area contributed by atoms with Gasteiger partial charge in [0.15, 0.2) is 0 Å². The molecule has 0 atom stereocenters. The lowest BCUT2D eigenvalue weighted by atomic mass is 10.0. The Morgan fingerprint density at radius 2 is 1.71 bits per heavy atom. The van der Waals surface area contributed by atoms with Crippen molar-refractivity contribution in [3.8, 4) is 5.75 Å². The summed E-state index contributed by atoms with van der Waals surface area (Å²) < 4.78 is 40.8. The Hall–Kier alpha value is -2.87. The molecule has 0 bridgehead atoms. The van der Waals surface area contributed by atoms with E-state index in [2.05, 4.69) is 9.64 Å². The Labute approximate surface area is 183 Å². The molecule has 1 amide bonds. The van der Waals surface area contributed by atoms with Crippen LogP contribution in [0.2, 0.25) is 5.02 Å². The summed E-state index contributed by atoms with van der Waals surface area (Å²) in [6, 6.07) is 11.0. The van der Waals surface area contributed by atoms with E-state index in [1.165, 1.54) is 12.1 Å². The Morgan fingerprint density at radius 3 is 2.35 bits per heavy atom. The lowest BCUT2D eigenvalue weighted by molar-refractivity contribution is -0.274. The van der Waals surface area contributed by atoms with Crippen molar-refractivity contribution in [1.29, 1.82) is 0 Å². The van der Waals surface area contributed by atoms with E-state index in [0.29, 0.717) is 23.7 Å². The third-order valence-corrected chi connectivity index (χ3v) is 5.76. The average Bonchev–Trinajstić information content (AvgIpc) is 2.73. The van der Waals surface area contributed by atoms with E-state index in [9.17, 15) is 18.0 Å². The van der Waals surface area contributed by atoms with Crippen LogP contribution in [0.15, 0.2) is 54.9 Å². The summed E-state index contributed by atoms with van der Waals surface area (Å²) in [5, 5.41) is 0.665. The topological polar surface area (TPSA) is 36.0 Å². The van der Waals surface area contributed by atoms with Gasteiger partial charge in [0.25, 0.3) is 5.91 Å². The number of anilines is 2. The van der Waals surface area contributed by atoms with Crippen LogP contribution in [-0.2, 0) is 0 Å². The highest BCUT2D eigenvalue weighted by atomic mass is 35.5. The quantitative estimate of drug-likeness (QED) is 0.637. The second kappa shape index (κ2) is 8.34. The van der Waals surface area contributed by atoms with E-state index in [1.807, 2.05) is 42.5 Å². The lowest BCUT2D eigenvalue weighted by Gasteiger charge is -2.41. The molecule has 2 aliphatic rings. The van der Waals surface area contributed by atoms with Gasteiger partial charge in [-0.3, -0.25) is 4.79 Å². The van der Waals surface area contributed by atoms with Crippen molar-refractivity contribution in [1.82, 2.24) is 4.90 Å². The number of hydrogen-bond donors (Lipinski definition) is 0. The third kappa shape index (κ3) is 4.74. The molecule has 1 saturated heterocycles. The summed E-state index contributed by atoms with van der Waals surface area (Å²) >= 11 is 6.21. The van der Waals surface area contributed by atoms with E-state index in [0.717, 1.165) is 36.3 Å². The summed E-state index contributed by atoms with van der Waals surface area (Å²) in [6.45, 7) is 1.11. The van der Waals surface area contributed by atoms with Crippen LogP contribution in [0.5, 0.6) is 5.75 Å². The number of likely N-dealkylation sites (tertiary alicyclic amines) is 1. The molecule has 1 fully saturated rings. The first-order chi connectivity index (χ1) is 14.7. The number of alkyl halides is 3. The molecular formula is C22H21ClF3N3O2. The number of hydrogen-bond acceptors (Lipinski definition) is 4. The van der Waals surface area contributed by atoms with Gasteiger partial charge in [-0.1, -0.05) is 11.6 Å². The summed E-state index contributed by atoms with van der Waals surface area (Å²) in [5.41, 5.74) is 2.43. The third-order valence-electron chi connectivity index (χ3n) is 5.53. The summed E-state index contributed by atoms with van der Waals surface area (Å²) in [6.07, 6.45) is 0.800. The van der Waals surface area contributed by atoms with Crippen LogP contribution in [0, 0.1) is 0 Å². The second-order valence-electron chi connectivity index (χ2n) is 7.54. The summed E-state index contributed by atoms with van der Waals surface area (Å²) in [4.78, 5) is 18.7. The number of rotatable bonds is 3. The maximum Gasteiger partial charge on any atom is 0.573 e. The predicted molar refractivity (Wildman–Crippen MR) is 114 cm³/mol. The molecule has 9 heteroatoms. The first-order valence-corrected chi connectivity index (χ1v) is 10.2. The van der Waals surface area contributed by atoms with E-state index >= 15 is 0 Å². The van der Waals surface area contributed by atoms with Crippen molar-refractivity contribution in [2.75, 3.05) is 29.9 Å². The monoisotopic (exact) mass is 451 g/mol. The van der Waals surface area contributed by atoms with Crippen molar-refractivity contribution < 1.29 is 22.7 Å². The highest BCUT2D eigenvalue weighted by molar-refractivity contribution is 6.31. The molecule has 0 unspecified atom stereocenters. The maximum absolute atomic E-state index is 12.8. The van der Waals surface area contributed by atoms with Gasteiger partial charge in [-0.2, -0.15) is 0 Å². The number of piperidine rings is 1. The van der Waals surface area contributed by atoms with E-state index in [-0.39, 0.29) is 17.7 Å². The first kappa shape index (κ1) is 21.4. The van der Waals surface area contributed by atoms with Crippen LogP contribution in [0.3, 0.4) is 0 Å². The molecule has 2 aromatic rings. The molecule has 31 heavy (non-hydrogen) atoms. The van der Waals surface area contributed by atoms with Crippen LogP contribution in [0.25, 0.3) is 0 Å². The fourth-order valence-electron chi connectivity index (χ4n) is 3.98. The molecule has 0 spiro atoms. The molecule has 2 aromatic carbocycles. The van der Waals surface area contributed by atoms with E-state index in [4.69, 9.17) is 11.6 Å². The molecule has 5 nitrogen and oxygen atoms in total. The van der Waals surface area contributed by atoms with Crippen molar-refractivity contribution in [2.24, 2.45) is 0 Å². The van der Waals surface area contributed by atoms with Crippen LogP contribution in [0.1, 0.15) is 23.2 Å². The van der Waals surface area contributed by atoms with Gasteiger partial charge >= 0.3 is 6.36 Å². The SMILES string of the molecule is CN1C=CN(C2CCN(C(=O)c3ccc(OC(F)(F)F)cc3)CC2)c2cc(Cl)ccc21. The van der Waals surface area contributed by atoms with Gasteiger partial charge in [-0.25, -0.2) is 0 Å². The molecule has 2 aliphatic heterocycles.